The number of benzene rings is 8. The molecule has 0 unspecified atom stereocenters. The molecule has 17 atom stereocenters. The van der Waals surface area contributed by atoms with Crippen molar-refractivity contribution < 1.29 is 137 Å². The topological polar surface area (TPSA) is 608 Å². The number of amides is 9. The zero-order valence-corrected chi connectivity index (χ0v) is 77.8. The molecule has 748 valence electrons. The minimum atomic E-state index is -2.40. The number of aliphatic hydroxyl groups excluding tert-OH is 7. The SMILES string of the molecule is CC(C)CCCCCCC(=O)N[C@H]1[C@H](Oc2c3cc4cc2Oc2ccc(cc2Cl)C[C@H]2NC(=O)[C@H](NC(=O)OCc5ccccc5)c5ccc(O)c(c5)Oc5cc(O)cc(c5)[C@H](NC2=O)C(=O)N[C@H]4C(=O)N[C@H]2C(=O)N[C@@H](Cc4ccc(c(Cl)c4)O3)C(=O)N[C@H](C(=O)NCCCNCCCCNCCCN)c3cc(O)cc(O[C@H]4O[C@H](CO)[C@@H](O)[C@H](O)[C@@H]4O)c3-c3cc2ccc3O)O[C@H](CO)[C@@H](O)[C@@H]1O. The highest BCUT2D eigenvalue weighted by molar-refractivity contribution is 6.32. The molecule has 0 aliphatic carbocycles. The Bertz CT molecular complexity index is 5810. The zero-order valence-electron chi connectivity index (χ0n) is 76.3. The van der Waals surface area contributed by atoms with Crippen LogP contribution in [0.25, 0.3) is 11.1 Å². The molecule has 8 aromatic rings. The summed E-state index contributed by atoms with van der Waals surface area (Å²) in [6, 6.07) is 14.8. The highest BCUT2D eigenvalue weighted by atomic mass is 35.5. The monoisotopic (exact) mass is 1980 g/mol. The summed E-state index contributed by atoms with van der Waals surface area (Å²) >= 11 is 14.7. The maximum absolute atomic E-state index is 17.0. The molecule has 17 bridgehead atoms. The fourth-order valence-electron chi connectivity index (χ4n) is 17.1. The number of hydrogen-bond donors (Lipinski definition) is 23. The molecule has 42 heteroatoms. The van der Waals surface area contributed by atoms with Gasteiger partial charge in [0.15, 0.2) is 23.0 Å². The van der Waals surface area contributed by atoms with Crippen molar-refractivity contribution >= 4 is 76.6 Å². The van der Waals surface area contributed by atoms with E-state index in [-0.39, 0.29) is 80.2 Å². The number of unbranched alkanes of at least 4 members (excludes halogenated alkanes) is 4. The molecule has 24 N–H and O–H groups in total. The van der Waals surface area contributed by atoms with Crippen LogP contribution in [0.15, 0.2) is 146 Å². The Morgan fingerprint density at radius 1 is 0.493 bits per heavy atom. The van der Waals surface area contributed by atoms with E-state index in [9.17, 15) is 65.8 Å². The van der Waals surface area contributed by atoms with Gasteiger partial charge in [-0.2, -0.15) is 0 Å². The summed E-state index contributed by atoms with van der Waals surface area (Å²) in [5.41, 5.74) is 4.04. The largest absolute Gasteiger partial charge is 0.508 e. The van der Waals surface area contributed by atoms with Crippen LogP contribution in [0, 0.1) is 5.92 Å². The minimum Gasteiger partial charge on any atom is -0.508 e. The van der Waals surface area contributed by atoms with Crippen LogP contribution in [0.5, 0.6) is 69.0 Å². The van der Waals surface area contributed by atoms with Gasteiger partial charge in [0.25, 0.3) is 0 Å². The van der Waals surface area contributed by atoms with Gasteiger partial charge >= 0.3 is 6.09 Å². The average molecular weight is 1980 g/mol. The third-order valence-corrected chi connectivity index (χ3v) is 25.1. The van der Waals surface area contributed by atoms with Crippen LogP contribution in [-0.4, -0.2) is 235 Å². The number of alkyl carbamates (subject to hydrolysis) is 1. The lowest BCUT2D eigenvalue weighted by Gasteiger charge is -2.42. The lowest BCUT2D eigenvalue weighted by molar-refractivity contribution is -0.277. The van der Waals surface area contributed by atoms with E-state index in [1.54, 1.807) is 30.3 Å². The number of phenolic OH excluding ortho intramolecular Hbond substituents is 4. The van der Waals surface area contributed by atoms with Gasteiger partial charge in [-0.25, -0.2) is 4.79 Å². The number of fused-ring (bicyclic) bond motifs is 14. The third-order valence-electron chi connectivity index (χ3n) is 24.5. The molecule has 0 spiro atoms. The Morgan fingerprint density at radius 3 is 1.70 bits per heavy atom. The van der Waals surface area contributed by atoms with Gasteiger partial charge in [0.1, 0.15) is 138 Å². The number of nitrogens with one attached hydrogen (secondary N) is 11. The molecular weight excluding hydrogens is 1860 g/mol. The summed E-state index contributed by atoms with van der Waals surface area (Å²) in [6.45, 7) is 5.01. The average Bonchev–Trinajstić information content (AvgIpc) is 0.781. The van der Waals surface area contributed by atoms with Crippen molar-refractivity contribution in [3.8, 4) is 80.1 Å². The van der Waals surface area contributed by atoms with Crippen molar-refractivity contribution in [2.75, 3.05) is 52.5 Å². The van der Waals surface area contributed by atoms with E-state index in [1.165, 1.54) is 48.5 Å². The van der Waals surface area contributed by atoms with Gasteiger partial charge in [-0.1, -0.05) is 117 Å². The molecule has 8 heterocycles. The number of aliphatic hydroxyl groups is 7. The van der Waals surface area contributed by atoms with Gasteiger partial charge in [0.05, 0.1) is 23.3 Å². The first-order valence-corrected chi connectivity index (χ1v) is 47.0. The Morgan fingerprint density at radius 2 is 1.06 bits per heavy atom. The third kappa shape index (κ3) is 25.5. The normalized spacial score (nSPS) is 24.0. The molecule has 140 heavy (non-hydrogen) atoms. The highest BCUT2D eigenvalue weighted by Crippen LogP contribution is 2.51. The summed E-state index contributed by atoms with van der Waals surface area (Å²) < 4.78 is 50.9. The highest BCUT2D eigenvalue weighted by Gasteiger charge is 2.50. The number of aromatic hydroxyl groups is 4. The molecule has 0 saturated carbocycles. The Hall–Kier alpha value is -12.9. The first-order chi connectivity index (χ1) is 67.3. The molecule has 8 aliphatic rings. The van der Waals surface area contributed by atoms with Crippen molar-refractivity contribution in [1.29, 1.82) is 0 Å². The van der Waals surface area contributed by atoms with E-state index in [1.807, 2.05) is 0 Å². The predicted molar refractivity (Wildman–Crippen MR) is 502 cm³/mol. The molecular formula is C98H114Cl2N12O28. The van der Waals surface area contributed by atoms with Crippen molar-refractivity contribution in [2.24, 2.45) is 11.7 Å². The van der Waals surface area contributed by atoms with Gasteiger partial charge in [0.2, 0.25) is 65.6 Å². The molecule has 0 radical (unpaired) electrons. The summed E-state index contributed by atoms with van der Waals surface area (Å²) in [5, 5.41) is 157. The predicted octanol–water partition coefficient (Wildman–Crippen LogP) is 5.26. The maximum Gasteiger partial charge on any atom is 0.408 e. The molecule has 0 aromatic heterocycles. The molecule has 8 aliphatic heterocycles. The number of carbonyl (C=O) groups is 9. The molecule has 2 saturated heterocycles. The maximum atomic E-state index is 17.0. The van der Waals surface area contributed by atoms with Gasteiger partial charge in [0, 0.05) is 49.1 Å². The Kier molecular flexibility index (Phi) is 34.8. The number of hydrogen-bond acceptors (Lipinski definition) is 31. The first-order valence-electron chi connectivity index (χ1n) is 46.2. The molecule has 2 fully saturated rings. The second kappa shape index (κ2) is 47.4. The zero-order chi connectivity index (χ0) is 99.7. The first kappa shape index (κ1) is 103. The van der Waals surface area contributed by atoms with Crippen LogP contribution in [0.4, 0.5) is 4.79 Å². The lowest BCUT2D eigenvalue weighted by atomic mass is 9.89. The number of halogens is 2. The molecule has 16 rings (SSSR count). The van der Waals surface area contributed by atoms with Crippen LogP contribution < -0.4 is 87.9 Å². The van der Waals surface area contributed by atoms with E-state index < -0.39 is 251 Å². The Balaban J connectivity index is 0.951. The molecule has 8 aromatic carbocycles. The summed E-state index contributed by atoms with van der Waals surface area (Å²) in [7, 11) is 0. The minimum absolute atomic E-state index is 0.0610. The van der Waals surface area contributed by atoms with Gasteiger partial charge < -0.3 is 158 Å². The van der Waals surface area contributed by atoms with E-state index in [2.05, 4.69) is 72.3 Å². The molecule has 40 nitrogen and oxygen atoms in total. The smallest absolute Gasteiger partial charge is 0.408 e. The number of carbonyl (C=O) groups excluding carboxylic acids is 9. The van der Waals surface area contributed by atoms with Crippen LogP contribution in [0.1, 0.15) is 153 Å². The van der Waals surface area contributed by atoms with E-state index >= 15 is 33.6 Å². The number of rotatable bonds is 30. The van der Waals surface area contributed by atoms with Gasteiger partial charge in [-0.05, 0) is 194 Å². The van der Waals surface area contributed by atoms with Crippen molar-refractivity contribution in [1.82, 2.24) is 58.5 Å². The second-order valence-corrected chi connectivity index (χ2v) is 36.2. The number of nitrogens with two attached hydrogens (primary N) is 1. The number of ether oxygens (including phenoxy) is 8. The summed E-state index contributed by atoms with van der Waals surface area (Å²) in [5.74, 6) is -15.1. The van der Waals surface area contributed by atoms with Crippen LogP contribution in [-0.2, 0) is 72.0 Å². The fourth-order valence-corrected chi connectivity index (χ4v) is 17.6. The van der Waals surface area contributed by atoms with Crippen LogP contribution in [0.2, 0.25) is 10.0 Å². The van der Waals surface area contributed by atoms with Gasteiger partial charge in [-0.3, -0.25) is 38.4 Å². The molecule has 9 amide bonds. The second-order valence-electron chi connectivity index (χ2n) is 35.4. The van der Waals surface area contributed by atoms with E-state index in [0.29, 0.717) is 50.4 Å². The standard InChI is InChI=1S/C98H114Cl2N12O28/c1-48(2)14-6-3-4-9-17-75(119)107-82-85(122)83(120)73(45-113)138-96(82)140-88-71-40-55-41-72(88)136-68-25-19-51(33-62(68)100)35-64-90(126)111-81(91(127)104-31-13-30-103-28-11-10-27-102-29-12-26-101)60-43-57(116)44-70(137-97-87(124)86(123)84(121)74(46-114)139-97)76(60)59-38-52(20-22-65(59)117)77(92(128)105-64)109-95(131)80(55)110-94(130)79-54-36-56(115)42-58(37-54)134-69-39-53(21-23-66(69)118)78(112-98(132)133-47-49-15-7-5-8-16-49)93(129)106-63(89(125)108-79)34-50-18-24-67(135-71)61(99)32-50/h5,7-8,15-16,18-25,32-33,36-44,48,63-64,73-74,77-87,96-97,102-103,113-118,120-124H,3-4,6,9-14,17,26-31,34-35,45-47,101H2,1-2H3,(H,104,127)(H,105,128)(H,106,129)(H,107,119)(H,108,125)(H,109,131)(H,110,130)(H,111,126)(H,112,132)/t63-,64+,73-,74-,77-,78-,79+,80-,81+,82-,83-,84-,85-,86+,87+,96+,97+/m1/s1. The van der Waals surface area contributed by atoms with E-state index in [4.69, 9.17) is 66.8 Å². The van der Waals surface area contributed by atoms with Gasteiger partial charge in [-0.15, -0.1) is 0 Å². The fraction of sp³-hybridized carbons (Fsp3) is 0.418. The van der Waals surface area contributed by atoms with E-state index in [0.717, 1.165) is 118 Å². The van der Waals surface area contributed by atoms with Crippen LogP contribution in [0.3, 0.4) is 0 Å². The van der Waals surface area contributed by atoms with Crippen molar-refractivity contribution in [2.45, 2.75) is 201 Å². The summed E-state index contributed by atoms with van der Waals surface area (Å²) in [6.07, 6.45) is -13.3. The summed E-state index contributed by atoms with van der Waals surface area (Å²) in [4.78, 5) is 141. The lowest BCUT2D eigenvalue weighted by Crippen LogP contribution is -2.65. The number of phenols is 4. The van der Waals surface area contributed by atoms with Crippen molar-refractivity contribution in [3.63, 3.8) is 0 Å². The quantitative estimate of drug-likeness (QED) is 0.0255. The Labute approximate surface area is 813 Å². The van der Waals surface area contributed by atoms with Crippen LogP contribution >= 0.6 is 23.2 Å². The van der Waals surface area contributed by atoms with Crippen molar-refractivity contribution in [3.05, 3.63) is 200 Å².